The van der Waals surface area contributed by atoms with Gasteiger partial charge in [0.25, 0.3) is 0 Å². The molecular formula is C10H14Br2S2. The molecule has 0 aromatic carbocycles. The summed E-state index contributed by atoms with van der Waals surface area (Å²) in [6, 6.07) is 2.19. The number of halogens is 2. The van der Waals surface area contributed by atoms with Gasteiger partial charge in [-0.25, -0.2) is 0 Å². The third-order valence-corrected chi connectivity index (χ3v) is 5.74. The highest BCUT2D eigenvalue weighted by atomic mass is 79.9. The van der Waals surface area contributed by atoms with Gasteiger partial charge in [-0.2, -0.15) is 0 Å². The molecule has 0 amide bonds. The van der Waals surface area contributed by atoms with Gasteiger partial charge in [-0.05, 0) is 50.1 Å². The van der Waals surface area contributed by atoms with Crippen LogP contribution in [0.4, 0.5) is 0 Å². The number of hydrogen-bond acceptors (Lipinski definition) is 2. The zero-order valence-electron chi connectivity index (χ0n) is 8.19. The smallest absolute Gasteiger partial charge is 0.0846 e. The highest BCUT2D eigenvalue weighted by molar-refractivity contribution is 9.12. The zero-order valence-corrected chi connectivity index (χ0v) is 13.0. The minimum atomic E-state index is 1.21. The minimum Gasteiger partial charge on any atom is -0.124 e. The molecule has 0 saturated heterocycles. The summed E-state index contributed by atoms with van der Waals surface area (Å²) in [5, 5.41) is 0. The number of rotatable bonds is 6. The summed E-state index contributed by atoms with van der Waals surface area (Å²) >= 11 is 10.8. The Kier molecular flexibility index (Phi) is 6.83. The molecule has 1 rings (SSSR count). The van der Waals surface area contributed by atoms with Crippen molar-refractivity contribution in [2.45, 2.75) is 37.5 Å². The first-order chi connectivity index (χ1) is 6.74. The van der Waals surface area contributed by atoms with E-state index in [-0.39, 0.29) is 0 Å². The fraction of sp³-hybridized carbons (Fsp3) is 0.600. The molecule has 0 fully saturated rings. The van der Waals surface area contributed by atoms with Gasteiger partial charge in [-0.1, -0.05) is 26.2 Å². The van der Waals surface area contributed by atoms with Crippen molar-refractivity contribution in [3.05, 3.63) is 13.6 Å². The average Bonchev–Trinajstić information content (AvgIpc) is 2.45. The Balaban J connectivity index is 2.21. The van der Waals surface area contributed by atoms with Gasteiger partial charge in [-0.15, -0.1) is 23.1 Å². The molecule has 1 aromatic heterocycles. The molecule has 0 bridgehead atoms. The molecule has 0 aliphatic rings. The van der Waals surface area contributed by atoms with Crippen molar-refractivity contribution in [3.63, 3.8) is 0 Å². The van der Waals surface area contributed by atoms with Gasteiger partial charge < -0.3 is 0 Å². The Bertz CT molecular complexity index is 271. The number of hydrogen-bond donors (Lipinski definition) is 0. The Morgan fingerprint density at radius 1 is 1.29 bits per heavy atom. The standard InChI is InChI=1S/C10H14Br2S2/c1-2-3-4-5-6-13-8-7-9(11)14-10(8)12/h7H,2-6H2,1H3. The molecule has 0 N–H and O–H groups in total. The summed E-state index contributed by atoms with van der Waals surface area (Å²) < 4.78 is 2.46. The summed E-state index contributed by atoms with van der Waals surface area (Å²) in [6.45, 7) is 2.25. The highest BCUT2D eigenvalue weighted by Gasteiger charge is 2.04. The van der Waals surface area contributed by atoms with Crippen LogP contribution in [0.25, 0.3) is 0 Å². The normalized spacial score (nSPS) is 10.8. The lowest BCUT2D eigenvalue weighted by molar-refractivity contribution is 0.706. The van der Waals surface area contributed by atoms with Crippen LogP contribution in [0, 0.1) is 0 Å². The van der Waals surface area contributed by atoms with Crippen molar-refractivity contribution in [1.82, 2.24) is 0 Å². The Hall–Kier alpha value is 1.01. The van der Waals surface area contributed by atoms with E-state index in [1.165, 1.54) is 43.9 Å². The second kappa shape index (κ2) is 7.31. The molecule has 14 heavy (non-hydrogen) atoms. The van der Waals surface area contributed by atoms with Gasteiger partial charge in [-0.3, -0.25) is 0 Å². The fourth-order valence-electron chi connectivity index (χ4n) is 1.13. The lowest BCUT2D eigenvalue weighted by atomic mass is 10.2. The van der Waals surface area contributed by atoms with E-state index in [1.54, 1.807) is 11.3 Å². The Labute approximate surface area is 111 Å². The van der Waals surface area contributed by atoms with Crippen molar-refractivity contribution < 1.29 is 0 Å². The number of unbranched alkanes of at least 4 members (excludes halogenated alkanes) is 3. The maximum atomic E-state index is 3.57. The molecule has 0 spiro atoms. The van der Waals surface area contributed by atoms with E-state index in [9.17, 15) is 0 Å². The van der Waals surface area contributed by atoms with Gasteiger partial charge >= 0.3 is 0 Å². The van der Waals surface area contributed by atoms with Crippen molar-refractivity contribution in [2.24, 2.45) is 0 Å². The second-order valence-corrected chi connectivity index (χ2v) is 7.98. The van der Waals surface area contributed by atoms with Crippen LogP contribution < -0.4 is 0 Å². The van der Waals surface area contributed by atoms with E-state index in [2.05, 4.69) is 44.8 Å². The summed E-state index contributed by atoms with van der Waals surface area (Å²) in [4.78, 5) is 1.37. The monoisotopic (exact) mass is 356 g/mol. The fourth-order valence-corrected chi connectivity index (χ4v) is 5.40. The van der Waals surface area contributed by atoms with E-state index in [1.807, 2.05) is 11.8 Å². The van der Waals surface area contributed by atoms with E-state index in [0.717, 1.165) is 0 Å². The second-order valence-electron chi connectivity index (χ2n) is 3.10. The van der Waals surface area contributed by atoms with Crippen molar-refractivity contribution >= 4 is 55.0 Å². The third-order valence-electron chi connectivity index (χ3n) is 1.88. The molecular weight excluding hydrogens is 344 g/mol. The molecule has 80 valence electrons. The van der Waals surface area contributed by atoms with E-state index < -0.39 is 0 Å². The van der Waals surface area contributed by atoms with E-state index in [0.29, 0.717) is 0 Å². The summed E-state index contributed by atoms with van der Waals surface area (Å²) in [5.41, 5.74) is 0. The molecule has 0 radical (unpaired) electrons. The maximum Gasteiger partial charge on any atom is 0.0846 e. The topological polar surface area (TPSA) is 0 Å². The number of thioether (sulfide) groups is 1. The highest BCUT2D eigenvalue weighted by Crippen LogP contribution is 2.38. The lowest BCUT2D eigenvalue weighted by Crippen LogP contribution is -1.80. The molecule has 0 atom stereocenters. The maximum absolute atomic E-state index is 3.57. The van der Waals surface area contributed by atoms with Crippen LogP contribution in [-0.4, -0.2) is 5.75 Å². The van der Waals surface area contributed by atoms with Crippen molar-refractivity contribution in [3.8, 4) is 0 Å². The van der Waals surface area contributed by atoms with Crippen molar-refractivity contribution in [1.29, 1.82) is 0 Å². The SMILES string of the molecule is CCCCCCSc1cc(Br)sc1Br. The molecule has 0 aliphatic carbocycles. The van der Waals surface area contributed by atoms with E-state index in [4.69, 9.17) is 0 Å². The summed E-state index contributed by atoms with van der Waals surface area (Å²) in [7, 11) is 0. The van der Waals surface area contributed by atoms with Crippen LogP contribution in [0.5, 0.6) is 0 Å². The molecule has 1 aromatic rings. The van der Waals surface area contributed by atoms with E-state index >= 15 is 0 Å². The first-order valence-electron chi connectivity index (χ1n) is 4.81. The van der Waals surface area contributed by atoms with Gasteiger partial charge in [0.15, 0.2) is 0 Å². The quantitative estimate of drug-likeness (QED) is 0.448. The van der Waals surface area contributed by atoms with Crippen LogP contribution in [0.1, 0.15) is 32.6 Å². The molecule has 0 saturated carbocycles. The molecule has 1 heterocycles. The van der Waals surface area contributed by atoms with Gasteiger partial charge in [0.1, 0.15) is 0 Å². The zero-order chi connectivity index (χ0) is 10.4. The predicted molar refractivity (Wildman–Crippen MR) is 74.6 cm³/mol. The average molecular weight is 358 g/mol. The van der Waals surface area contributed by atoms with Gasteiger partial charge in [0.2, 0.25) is 0 Å². The van der Waals surface area contributed by atoms with Gasteiger partial charge in [0, 0.05) is 4.90 Å². The lowest BCUT2D eigenvalue weighted by Gasteiger charge is -1.99. The van der Waals surface area contributed by atoms with Crippen LogP contribution in [0.15, 0.2) is 18.5 Å². The first-order valence-corrected chi connectivity index (χ1v) is 8.20. The Morgan fingerprint density at radius 3 is 2.64 bits per heavy atom. The number of thiophene rings is 1. The van der Waals surface area contributed by atoms with Crippen LogP contribution in [0.2, 0.25) is 0 Å². The molecule has 0 unspecified atom stereocenters. The summed E-state index contributed by atoms with van der Waals surface area (Å²) in [5.74, 6) is 1.24. The first kappa shape index (κ1) is 13.1. The van der Waals surface area contributed by atoms with Crippen LogP contribution >= 0.6 is 55.0 Å². The largest absolute Gasteiger partial charge is 0.124 e. The third kappa shape index (κ3) is 4.69. The minimum absolute atomic E-state index is 1.21. The van der Waals surface area contributed by atoms with Crippen molar-refractivity contribution in [2.75, 3.05) is 5.75 Å². The van der Waals surface area contributed by atoms with Gasteiger partial charge in [0.05, 0.1) is 7.57 Å². The molecule has 4 heteroatoms. The van der Waals surface area contributed by atoms with Crippen LogP contribution in [-0.2, 0) is 0 Å². The molecule has 0 nitrogen and oxygen atoms in total. The predicted octanol–water partition coefficient (Wildman–Crippen LogP) is 5.95. The summed E-state index contributed by atoms with van der Waals surface area (Å²) in [6.07, 6.45) is 5.39. The molecule has 0 aliphatic heterocycles. The Morgan fingerprint density at radius 2 is 2.07 bits per heavy atom. The van der Waals surface area contributed by atoms with Crippen LogP contribution in [0.3, 0.4) is 0 Å².